The summed E-state index contributed by atoms with van der Waals surface area (Å²) in [6.45, 7) is 14.9. The molecule has 4 saturated carbocycles. The van der Waals surface area contributed by atoms with Crippen molar-refractivity contribution in [2.75, 3.05) is 19.6 Å². The molecule has 0 radical (unpaired) electrons. The van der Waals surface area contributed by atoms with Crippen LogP contribution in [-0.4, -0.2) is 95.0 Å². The summed E-state index contributed by atoms with van der Waals surface area (Å²) in [6.07, 6.45) is 11.0. The molecule has 4 aliphatic carbocycles. The second-order valence-corrected chi connectivity index (χ2v) is 22.4. The number of rotatable bonds is 12. The third-order valence-electron chi connectivity index (χ3n) is 16.3. The monoisotopic (exact) mass is 859 g/mol. The maximum absolute atomic E-state index is 15.3. The van der Waals surface area contributed by atoms with Crippen LogP contribution in [0.4, 0.5) is 0 Å². The molecule has 0 unspecified atom stereocenters. The van der Waals surface area contributed by atoms with Crippen LogP contribution in [-0.2, 0) is 36.4 Å². The Labute approximate surface area is 360 Å². The van der Waals surface area contributed by atoms with E-state index in [2.05, 4.69) is 41.1 Å². The SMILES string of the molecule is C=C[C@@H]1C[C@]1(NC(=O)[C@@H]1C[C@@]2(CN1C(=O)[C@@H](NC(=O)[C@@H](NC(=O)c1cc3ccccc3n1C)C1CCCCC1)C(C)(C)C)C(C)(C)C21CCC1)C(=O)NS(=O)(=O)N1CCCC1. The molecule has 6 fully saturated rings. The fourth-order valence-corrected chi connectivity index (χ4v) is 13.5. The number of hydrogen-bond acceptors (Lipinski definition) is 7. The summed E-state index contributed by atoms with van der Waals surface area (Å²) in [5, 5.41) is 10.1. The fourth-order valence-electron chi connectivity index (χ4n) is 12.2. The zero-order valence-corrected chi connectivity index (χ0v) is 37.6. The molecule has 2 saturated heterocycles. The Balaban J connectivity index is 1.07. The maximum Gasteiger partial charge on any atom is 0.303 e. The van der Waals surface area contributed by atoms with Gasteiger partial charge in [-0.1, -0.05) is 84.6 Å². The minimum atomic E-state index is -4.12. The molecule has 1 aromatic heterocycles. The number of hydrogen-bond donors (Lipinski definition) is 4. The van der Waals surface area contributed by atoms with Gasteiger partial charge in [-0.15, -0.1) is 6.58 Å². The lowest BCUT2D eigenvalue weighted by molar-refractivity contribution is -0.145. The highest BCUT2D eigenvalue weighted by atomic mass is 32.2. The highest BCUT2D eigenvalue weighted by Crippen LogP contribution is 2.88. The minimum absolute atomic E-state index is 0.0335. The topological polar surface area (TPSA) is 179 Å². The molecule has 5 amide bonds. The smallest absolute Gasteiger partial charge is 0.303 e. The van der Waals surface area contributed by atoms with E-state index in [1.165, 1.54) is 4.31 Å². The molecule has 14 nitrogen and oxygen atoms in total. The van der Waals surface area contributed by atoms with Crippen LogP contribution in [0, 0.1) is 33.5 Å². The van der Waals surface area contributed by atoms with Crippen LogP contribution < -0.4 is 20.7 Å². The van der Waals surface area contributed by atoms with Crippen LogP contribution in [0.25, 0.3) is 10.9 Å². The van der Waals surface area contributed by atoms with Gasteiger partial charge in [0.25, 0.3) is 11.8 Å². The predicted octanol–water partition coefficient (Wildman–Crippen LogP) is 4.70. The number of aromatic nitrogens is 1. The number of amides is 5. The van der Waals surface area contributed by atoms with Crippen molar-refractivity contribution in [2.24, 2.45) is 40.5 Å². The zero-order valence-electron chi connectivity index (χ0n) is 36.8. The van der Waals surface area contributed by atoms with Crippen molar-refractivity contribution in [2.45, 2.75) is 135 Å². The Morgan fingerprint density at radius 1 is 0.902 bits per heavy atom. The Kier molecular flexibility index (Phi) is 10.8. The van der Waals surface area contributed by atoms with E-state index in [1.54, 1.807) is 11.0 Å². The molecule has 6 atom stereocenters. The summed E-state index contributed by atoms with van der Waals surface area (Å²) < 4.78 is 31.7. The summed E-state index contributed by atoms with van der Waals surface area (Å²) in [4.78, 5) is 74.3. The van der Waals surface area contributed by atoms with Crippen LogP contribution in [0.5, 0.6) is 0 Å². The number of nitrogens with zero attached hydrogens (tertiary/aromatic N) is 3. The number of aryl methyl sites for hydroxylation is 1. The average Bonchev–Trinajstić information content (AvgIpc) is 3.58. The standard InChI is InChI=1S/C46H65N7O7S/c1-8-31-26-46(31,41(58)50-61(59,60)52-23-14-15-24-52)49-38(55)34-27-45(43(5,6)44(45)21-16-22-44)28-53(34)40(57)36(42(2,3)4)48-39(56)35(29-17-10-9-11-18-29)47-37(54)33-25-30-19-12-13-20-32(30)51(33)7/h8,12-13,19-20,25,29,31,34-36H,1,9-11,14-18,21-24,26-28H2,2-7H3,(H,47,54)(H,48,56)(H,49,55)(H,50,58)/t31-,34+,35+,36-,45-,46-/m1/s1. The van der Waals surface area contributed by atoms with Gasteiger partial charge >= 0.3 is 10.2 Å². The van der Waals surface area contributed by atoms with E-state index < -0.39 is 68.8 Å². The third kappa shape index (κ3) is 7.00. The molecule has 2 aliphatic heterocycles. The van der Waals surface area contributed by atoms with E-state index in [0.29, 0.717) is 44.6 Å². The first kappa shape index (κ1) is 43.4. The number of likely N-dealkylation sites (tertiary alicyclic amines) is 1. The number of benzene rings is 1. The molecular weight excluding hydrogens is 795 g/mol. The van der Waals surface area contributed by atoms with Crippen molar-refractivity contribution < 1.29 is 32.4 Å². The summed E-state index contributed by atoms with van der Waals surface area (Å²) in [5.74, 6) is -3.17. The van der Waals surface area contributed by atoms with Crippen LogP contribution in [0.15, 0.2) is 43.0 Å². The maximum atomic E-state index is 15.3. The van der Waals surface area contributed by atoms with Gasteiger partial charge in [0.05, 0.1) is 0 Å². The van der Waals surface area contributed by atoms with Crippen LogP contribution >= 0.6 is 0 Å². The van der Waals surface area contributed by atoms with E-state index in [4.69, 9.17) is 0 Å². The van der Waals surface area contributed by atoms with Gasteiger partial charge in [-0.05, 0) is 85.7 Å². The number of carbonyl (C=O) groups is 5. The molecule has 332 valence electrons. The predicted molar refractivity (Wildman–Crippen MR) is 232 cm³/mol. The second-order valence-electron chi connectivity index (χ2n) is 20.7. The van der Waals surface area contributed by atoms with Gasteiger partial charge in [-0.2, -0.15) is 12.7 Å². The van der Waals surface area contributed by atoms with Gasteiger partial charge < -0.3 is 25.4 Å². The van der Waals surface area contributed by atoms with Crippen LogP contribution in [0.1, 0.15) is 122 Å². The van der Waals surface area contributed by atoms with Gasteiger partial charge in [0.2, 0.25) is 17.7 Å². The number of fused-ring (bicyclic) bond motifs is 2. The number of para-hydroxylation sites is 1. The van der Waals surface area contributed by atoms with Gasteiger partial charge in [0, 0.05) is 48.9 Å². The second kappa shape index (κ2) is 15.2. The fraction of sp³-hybridized carbons (Fsp3) is 0.674. The summed E-state index contributed by atoms with van der Waals surface area (Å²) in [5.41, 5.74) is -1.55. The van der Waals surface area contributed by atoms with Crippen LogP contribution in [0.3, 0.4) is 0 Å². The van der Waals surface area contributed by atoms with Crippen molar-refractivity contribution in [3.05, 3.63) is 48.7 Å². The van der Waals surface area contributed by atoms with Crippen LogP contribution in [0.2, 0.25) is 0 Å². The van der Waals surface area contributed by atoms with Crippen molar-refractivity contribution in [3.63, 3.8) is 0 Å². The average molecular weight is 860 g/mol. The van der Waals surface area contributed by atoms with Crippen molar-refractivity contribution in [1.29, 1.82) is 0 Å². The highest BCUT2D eigenvalue weighted by Gasteiger charge is 2.85. The molecule has 0 bridgehead atoms. The first-order chi connectivity index (χ1) is 28.7. The van der Waals surface area contributed by atoms with E-state index in [9.17, 15) is 27.6 Å². The first-order valence-electron chi connectivity index (χ1n) is 22.5. The summed E-state index contributed by atoms with van der Waals surface area (Å²) in [7, 11) is -2.29. The van der Waals surface area contributed by atoms with Gasteiger partial charge in [-0.25, -0.2) is 4.72 Å². The normalized spacial score (nSPS) is 29.1. The lowest BCUT2D eigenvalue weighted by Crippen LogP contribution is -2.62. The van der Waals surface area contributed by atoms with Crippen molar-refractivity contribution >= 4 is 50.6 Å². The lowest BCUT2D eigenvalue weighted by atomic mass is 9.73. The molecule has 8 rings (SSSR count). The van der Waals surface area contributed by atoms with E-state index in [0.717, 1.165) is 62.3 Å². The third-order valence-corrected chi connectivity index (χ3v) is 17.8. The number of carbonyl (C=O) groups excluding carboxylic acids is 5. The largest absolute Gasteiger partial charge is 0.342 e. The van der Waals surface area contributed by atoms with Crippen molar-refractivity contribution in [3.8, 4) is 0 Å². The zero-order chi connectivity index (χ0) is 43.9. The van der Waals surface area contributed by atoms with E-state index in [-0.39, 0.29) is 34.5 Å². The summed E-state index contributed by atoms with van der Waals surface area (Å²) in [6, 6.07) is 6.62. The Morgan fingerprint density at radius 2 is 1.57 bits per heavy atom. The van der Waals surface area contributed by atoms with Crippen molar-refractivity contribution in [1.82, 2.24) is 34.4 Å². The first-order valence-corrected chi connectivity index (χ1v) is 23.9. The molecule has 2 aromatic rings. The Bertz CT molecular complexity index is 2250. The quantitative estimate of drug-likeness (QED) is 0.224. The molecule has 61 heavy (non-hydrogen) atoms. The molecule has 2 spiro atoms. The Hall–Kier alpha value is -4.24. The molecule has 1 aromatic carbocycles. The van der Waals surface area contributed by atoms with Gasteiger partial charge in [-0.3, -0.25) is 24.0 Å². The Morgan fingerprint density at radius 3 is 2.15 bits per heavy atom. The minimum Gasteiger partial charge on any atom is -0.342 e. The molecule has 3 heterocycles. The molecule has 15 heteroatoms. The lowest BCUT2D eigenvalue weighted by Gasteiger charge is -2.38. The number of nitrogens with one attached hydrogen (secondary N) is 4. The van der Waals surface area contributed by atoms with E-state index >= 15 is 4.79 Å². The molecular formula is C46H65N7O7S. The van der Waals surface area contributed by atoms with Gasteiger partial charge in [0.15, 0.2) is 0 Å². The highest BCUT2D eigenvalue weighted by molar-refractivity contribution is 7.87. The van der Waals surface area contributed by atoms with Gasteiger partial charge in [0.1, 0.15) is 29.4 Å². The summed E-state index contributed by atoms with van der Waals surface area (Å²) >= 11 is 0. The van der Waals surface area contributed by atoms with E-state index in [1.807, 2.05) is 62.7 Å². The molecule has 6 aliphatic rings. The molecule has 4 N–H and O–H groups in total.